The van der Waals surface area contributed by atoms with E-state index in [-0.39, 0.29) is 28.3 Å². The van der Waals surface area contributed by atoms with Crippen molar-refractivity contribution < 1.29 is 14.5 Å². The molecule has 3 aromatic carbocycles. The minimum absolute atomic E-state index is 0.0477. The van der Waals surface area contributed by atoms with Crippen molar-refractivity contribution in [3.05, 3.63) is 109 Å². The molecule has 0 aliphatic rings. The monoisotopic (exact) mass is 490 g/mol. The smallest absolute Gasteiger partial charge is 0.270 e. The molecule has 0 saturated heterocycles. The molecular formula is C25H19ClN4O5. The van der Waals surface area contributed by atoms with Gasteiger partial charge >= 0.3 is 0 Å². The molecule has 1 aromatic heterocycles. The lowest BCUT2D eigenvalue weighted by Gasteiger charge is -2.18. The quantitative estimate of drug-likeness (QED) is 0.299. The van der Waals surface area contributed by atoms with E-state index in [1.54, 1.807) is 55.5 Å². The molecule has 35 heavy (non-hydrogen) atoms. The highest BCUT2D eigenvalue weighted by atomic mass is 35.5. The van der Waals surface area contributed by atoms with Gasteiger partial charge in [-0.2, -0.15) is 5.10 Å². The molecule has 0 unspecified atom stereocenters. The number of hydrogen-bond acceptors (Lipinski definition) is 6. The zero-order valence-electron chi connectivity index (χ0n) is 18.7. The molecule has 4 rings (SSSR count). The topological polar surface area (TPSA) is 116 Å². The normalized spacial score (nSPS) is 10.6. The van der Waals surface area contributed by atoms with Gasteiger partial charge < -0.3 is 10.1 Å². The highest BCUT2D eigenvalue weighted by Gasteiger charge is 2.22. The van der Waals surface area contributed by atoms with Crippen molar-refractivity contribution in [2.24, 2.45) is 0 Å². The third-order valence-corrected chi connectivity index (χ3v) is 5.49. The number of methoxy groups -OCH3 is 1. The van der Waals surface area contributed by atoms with Crippen LogP contribution in [0.1, 0.15) is 16.1 Å². The van der Waals surface area contributed by atoms with Gasteiger partial charge in [0.1, 0.15) is 17.3 Å². The number of ether oxygens (including phenoxy) is 1. The van der Waals surface area contributed by atoms with Gasteiger partial charge in [-0.1, -0.05) is 29.8 Å². The van der Waals surface area contributed by atoms with Crippen LogP contribution in [0.3, 0.4) is 0 Å². The zero-order valence-corrected chi connectivity index (χ0v) is 19.4. The summed E-state index contributed by atoms with van der Waals surface area (Å²) in [6, 6.07) is 18.8. The second kappa shape index (κ2) is 9.78. The maximum Gasteiger partial charge on any atom is 0.270 e. The van der Waals surface area contributed by atoms with E-state index >= 15 is 0 Å². The summed E-state index contributed by atoms with van der Waals surface area (Å²) < 4.78 is 6.74. The fourth-order valence-electron chi connectivity index (χ4n) is 3.51. The molecule has 176 valence electrons. The molecule has 0 fully saturated rings. The molecule has 4 aromatic rings. The molecule has 0 atom stereocenters. The predicted molar refractivity (Wildman–Crippen MR) is 133 cm³/mol. The number of amides is 1. The van der Waals surface area contributed by atoms with E-state index in [1.807, 2.05) is 0 Å². The molecule has 10 heteroatoms. The first-order valence-electron chi connectivity index (χ1n) is 10.4. The third-order valence-electron chi connectivity index (χ3n) is 5.23. The fraction of sp³-hybridized carbons (Fsp3) is 0.0800. The summed E-state index contributed by atoms with van der Waals surface area (Å²) in [6.07, 6.45) is 0. The van der Waals surface area contributed by atoms with E-state index in [2.05, 4.69) is 10.4 Å². The Balaban J connectivity index is 1.95. The largest absolute Gasteiger partial charge is 0.497 e. The Morgan fingerprint density at radius 2 is 1.80 bits per heavy atom. The van der Waals surface area contributed by atoms with Crippen molar-refractivity contribution in [2.75, 3.05) is 12.4 Å². The maximum absolute atomic E-state index is 13.3. The SMILES string of the molecule is COc1cccc(-c2c(NC(=O)c3cccc([N+](=O)[O-])c3)n(-c3ccc(Cl)cc3)nc(C)c2=O)c1. The third kappa shape index (κ3) is 4.90. The first-order valence-corrected chi connectivity index (χ1v) is 10.8. The van der Waals surface area contributed by atoms with Crippen molar-refractivity contribution in [2.45, 2.75) is 6.92 Å². The summed E-state index contributed by atoms with van der Waals surface area (Å²) >= 11 is 6.04. The van der Waals surface area contributed by atoms with Crippen molar-refractivity contribution in [3.8, 4) is 22.6 Å². The molecular weight excluding hydrogens is 472 g/mol. The minimum atomic E-state index is -0.648. The number of nitro benzene ring substituents is 1. The molecule has 0 spiro atoms. The summed E-state index contributed by atoms with van der Waals surface area (Å²) in [4.78, 5) is 37.1. The minimum Gasteiger partial charge on any atom is -0.497 e. The molecule has 1 N–H and O–H groups in total. The lowest BCUT2D eigenvalue weighted by molar-refractivity contribution is -0.384. The van der Waals surface area contributed by atoms with Gasteiger partial charge in [0.25, 0.3) is 11.6 Å². The number of hydrogen-bond donors (Lipinski definition) is 1. The van der Waals surface area contributed by atoms with Crippen LogP contribution < -0.4 is 15.5 Å². The number of carbonyl (C=O) groups is 1. The molecule has 9 nitrogen and oxygen atoms in total. The fourth-order valence-corrected chi connectivity index (χ4v) is 3.64. The highest BCUT2D eigenvalue weighted by Crippen LogP contribution is 2.30. The Morgan fingerprint density at radius 3 is 2.49 bits per heavy atom. The Kier molecular flexibility index (Phi) is 6.61. The van der Waals surface area contributed by atoms with Crippen molar-refractivity contribution >= 4 is 29.0 Å². The Labute approximate surface area is 204 Å². The molecule has 0 saturated carbocycles. The van der Waals surface area contributed by atoms with Crippen molar-refractivity contribution in [1.82, 2.24) is 9.78 Å². The Hall–Kier alpha value is -4.50. The summed E-state index contributed by atoms with van der Waals surface area (Å²) in [5.41, 5.74) is 0.844. The number of rotatable bonds is 6. The average molecular weight is 491 g/mol. The van der Waals surface area contributed by atoms with Gasteiger partial charge in [0.05, 0.1) is 23.3 Å². The molecule has 0 radical (unpaired) electrons. The number of halogens is 1. The number of nitro groups is 1. The van der Waals surface area contributed by atoms with Gasteiger partial charge in [-0.25, -0.2) is 4.68 Å². The van der Waals surface area contributed by atoms with Gasteiger partial charge in [-0.15, -0.1) is 0 Å². The number of nitrogens with one attached hydrogen (secondary N) is 1. The lowest BCUT2D eigenvalue weighted by Crippen LogP contribution is -2.25. The van der Waals surface area contributed by atoms with E-state index < -0.39 is 16.3 Å². The van der Waals surface area contributed by atoms with E-state index in [4.69, 9.17) is 16.3 Å². The summed E-state index contributed by atoms with van der Waals surface area (Å²) in [5, 5.41) is 18.8. The molecule has 0 aliphatic heterocycles. The molecule has 1 amide bonds. The Morgan fingerprint density at radius 1 is 1.09 bits per heavy atom. The second-order valence-electron chi connectivity index (χ2n) is 7.52. The average Bonchev–Trinajstić information content (AvgIpc) is 2.87. The lowest BCUT2D eigenvalue weighted by atomic mass is 10.0. The van der Waals surface area contributed by atoms with E-state index in [1.165, 1.54) is 30.0 Å². The van der Waals surface area contributed by atoms with Gasteiger partial charge in [0.15, 0.2) is 0 Å². The number of non-ortho nitro benzene ring substituents is 1. The molecule has 1 heterocycles. The highest BCUT2D eigenvalue weighted by molar-refractivity contribution is 6.30. The number of carbonyl (C=O) groups excluding carboxylic acids is 1. The van der Waals surface area contributed by atoms with Crippen LogP contribution in [0.5, 0.6) is 5.75 Å². The standard InChI is InChI=1S/C25H19ClN4O5/c1-15-23(31)22(16-5-4-8-21(14-16)35-2)24(29(28-15)19-11-9-18(26)10-12-19)27-25(32)17-6-3-7-20(13-17)30(33)34/h3-14H,1-2H3,(H,27,32). The van der Waals surface area contributed by atoms with E-state index in [0.717, 1.165) is 6.07 Å². The van der Waals surface area contributed by atoms with Crippen molar-refractivity contribution in [3.63, 3.8) is 0 Å². The predicted octanol–water partition coefficient (Wildman–Crippen LogP) is 5.03. The number of nitrogens with zero attached hydrogens (tertiary/aromatic N) is 3. The van der Waals surface area contributed by atoms with Crippen LogP contribution >= 0.6 is 11.6 Å². The van der Waals surface area contributed by atoms with E-state index in [0.29, 0.717) is 22.0 Å². The van der Waals surface area contributed by atoms with Crippen LogP contribution in [0.2, 0.25) is 5.02 Å². The van der Waals surface area contributed by atoms with Crippen LogP contribution in [0.25, 0.3) is 16.8 Å². The number of anilines is 1. The number of benzene rings is 3. The maximum atomic E-state index is 13.3. The van der Waals surface area contributed by atoms with Gasteiger partial charge in [0.2, 0.25) is 5.43 Å². The van der Waals surface area contributed by atoms with Crippen LogP contribution in [0, 0.1) is 17.0 Å². The second-order valence-corrected chi connectivity index (χ2v) is 7.96. The van der Waals surface area contributed by atoms with E-state index in [9.17, 15) is 19.7 Å². The van der Waals surface area contributed by atoms with Crippen LogP contribution in [0.4, 0.5) is 11.5 Å². The van der Waals surface area contributed by atoms with Gasteiger partial charge in [-0.3, -0.25) is 19.7 Å². The van der Waals surface area contributed by atoms with Crippen LogP contribution in [0.15, 0.2) is 77.6 Å². The van der Waals surface area contributed by atoms with Gasteiger partial charge in [-0.05, 0) is 55.0 Å². The first-order chi connectivity index (χ1) is 16.8. The number of aromatic nitrogens is 2. The molecule has 0 aliphatic carbocycles. The van der Waals surface area contributed by atoms with Crippen LogP contribution in [-0.2, 0) is 0 Å². The Bertz CT molecular complexity index is 1500. The van der Waals surface area contributed by atoms with Crippen LogP contribution in [-0.4, -0.2) is 27.7 Å². The van der Waals surface area contributed by atoms with Gasteiger partial charge in [0, 0.05) is 22.7 Å². The zero-order chi connectivity index (χ0) is 25.1. The first kappa shape index (κ1) is 23.7. The number of aryl methyl sites for hydroxylation is 1. The summed E-state index contributed by atoms with van der Waals surface area (Å²) in [5.74, 6) is -0.0383. The molecule has 0 bridgehead atoms. The van der Waals surface area contributed by atoms with Crippen molar-refractivity contribution in [1.29, 1.82) is 0 Å². The summed E-state index contributed by atoms with van der Waals surface area (Å²) in [7, 11) is 1.51. The summed E-state index contributed by atoms with van der Waals surface area (Å²) in [6.45, 7) is 1.57.